The Morgan fingerprint density at radius 1 is 1.24 bits per heavy atom. The number of anilines is 1. The van der Waals surface area contributed by atoms with E-state index in [1.807, 2.05) is 54.8 Å². The van der Waals surface area contributed by atoms with Gasteiger partial charge in [-0.2, -0.15) is 0 Å². The molecule has 0 spiro atoms. The lowest BCUT2D eigenvalue weighted by atomic mass is 10.2. The summed E-state index contributed by atoms with van der Waals surface area (Å²) in [5.74, 6) is 0.766. The monoisotopic (exact) mass is 283 g/mol. The molecule has 0 bridgehead atoms. The van der Waals surface area contributed by atoms with Gasteiger partial charge in [-0.25, -0.2) is 9.97 Å². The van der Waals surface area contributed by atoms with Gasteiger partial charge in [0.2, 0.25) is 0 Å². The highest BCUT2D eigenvalue weighted by Crippen LogP contribution is 2.24. The lowest BCUT2D eigenvalue weighted by molar-refractivity contribution is 0.786. The smallest absolute Gasteiger partial charge is 0.278 e. The predicted octanol–water partition coefficient (Wildman–Crippen LogP) is 1.87. The Kier molecular flexibility index (Phi) is 3.21. The molecule has 0 saturated carbocycles. The third-order valence-corrected chi connectivity index (χ3v) is 3.50. The third-order valence-electron chi connectivity index (χ3n) is 3.50. The number of aryl methyl sites for hydroxylation is 1. The molecule has 108 valence electrons. The minimum atomic E-state index is -0.210. The van der Waals surface area contributed by atoms with Crippen LogP contribution in [0.3, 0.4) is 0 Å². The minimum Gasteiger partial charge on any atom is -0.378 e. The molecule has 0 unspecified atom stereocenters. The van der Waals surface area contributed by atoms with E-state index >= 15 is 0 Å². The minimum absolute atomic E-state index is 0.210. The van der Waals surface area contributed by atoms with E-state index in [9.17, 15) is 4.79 Å². The summed E-state index contributed by atoms with van der Waals surface area (Å²) in [7, 11) is 4.00. The number of rotatable bonds is 3. The first-order valence-corrected chi connectivity index (χ1v) is 6.83. The highest BCUT2D eigenvalue weighted by molar-refractivity contribution is 5.76. The number of H-pyrrole nitrogens is 1. The molecule has 0 aliphatic carbocycles. The zero-order valence-corrected chi connectivity index (χ0v) is 12.3. The second kappa shape index (κ2) is 5.05. The van der Waals surface area contributed by atoms with Crippen molar-refractivity contribution in [2.24, 2.45) is 0 Å². The highest BCUT2D eigenvalue weighted by atomic mass is 16.1. The van der Waals surface area contributed by atoms with Crippen molar-refractivity contribution in [3.63, 3.8) is 0 Å². The summed E-state index contributed by atoms with van der Waals surface area (Å²) in [5, 5.41) is 0. The van der Waals surface area contributed by atoms with Crippen LogP contribution in [0, 0.1) is 0 Å². The highest BCUT2D eigenvalue weighted by Gasteiger charge is 2.14. The average Bonchev–Trinajstić information content (AvgIpc) is 2.87. The molecule has 2 heterocycles. The number of hydrogen-bond donors (Lipinski definition) is 1. The van der Waals surface area contributed by atoms with E-state index in [-0.39, 0.29) is 5.56 Å². The maximum absolute atomic E-state index is 11.9. The Labute approximate surface area is 122 Å². The Morgan fingerprint density at radius 2 is 1.95 bits per heavy atom. The van der Waals surface area contributed by atoms with E-state index < -0.39 is 0 Å². The molecule has 3 rings (SSSR count). The summed E-state index contributed by atoms with van der Waals surface area (Å²) in [6, 6.07) is 8.09. The molecular formula is C15H17N5O. The van der Waals surface area contributed by atoms with Gasteiger partial charge in [-0.1, -0.05) is 0 Å². The largest absolute Gasteiger partial charge is 0.378 e. The van der Waals surface area contributed by atoms with Crippen molar-refractivity contribution >= 4 is 16.9 Å². The Hall–Kier alpha value is -2.63. The number of nitrogens with one attached hydrogen (secondary N) is 1. The summed E-state index contributed by atoms with van der Waals surface area (Å²) in [5.41, 5.74) is 2.88. The molecule has 0 fully saturated rings. The van der Waals surface area contributed by atoms with Crippen molar-refractivity contribution in [2.45, 2.75) is 13.5 Å². The van der Waals surface area contributed by atoms with Gasteiger partial charge in [-0.05, 0) is 31.2 Å². The molecule has 6 heteroatoms. The fraction of sp³-hybridized carbons (Fsp3) is 0.267. The third kappa shape index (κ3) is 2.18. The Bertz CT molecular complexity index is 829. The first-order chi connectivity index (χ1) is 10.1. The summed E-state index contributed by atoms with van der Waals surface area (Å²) >= 11 is 0. The van der Waals surface area contributed by atoms with E-state index in [4.69, 9.17) is 0 Å². The number of nitrogens with zero attached hydrogens (tertiary/aromatic N) is 4. The van der Waals surface area contributed by atoms with Gasteiger partial charge < -0.3 is 14.5 Å². The van der Waals surface area contributed by atoms with Gasteiger partial charge in [0.15, 0.2) is 11.2 Å². The molecule has 21 heavy (non-hydrogen) atoms. The first-order valence-electron chi connectivity index (χ1n) is 6.83. The molecule has 0 amide bonds. The lowest BCUT2D eigenvalue weighted by Gasteiger charge is -2.12. The van der Waals surface area contributed by atoms with Gasteiger partial charge in [-0.3, -0.25) is 4.79 Å². The molecule has 0 aliphatic rings. The zero-order valence-electron chi connectivity index (χ0n) is 12.3. The maximum Gasteiger partial charge on any atom is 0.278 e. The summed E-state index contributed by atoms with van der Waals surface area (Å²) in [4.78, 5) is 25.2. The molecule has 1 N–H and O–H groups in total. The van der Waals surface area contributed by atoms with Gasteiger partial charge in [0.1, 0.15) is 5.82 Å². The summed E-state index contributed by atoms with van der Waals surface area (Å²) in [6.45, 7) is 2.72. The van der Waals surface area contributed by atoms with E-state index in [2.05, 4.69) is 15.0 Å². The second-order valence-corrected chi connectivity index (χ2v) is 5.02. The van der Waals surface area contributed by atoms with Gasteiger partial charge in [0.05, 0.1) is 6.33 Å². The maximum atomic E-state index is 11.9. The number of aromatic amines is 1. The topological polar surface area (TPSA) is 66.8 Å². The average molecular weight is 283 g/mol. The normalized spacial score (nSPS) is 11.0. The van der Waals surface area contributed by atoms with Gasteiger partial charge >= 0.3 is 0 Å². The van der Waals surface area contributed by atoms with Crippen LogP contribution in [0.25, 0.3) is 22.6 Å². The van der Waals surface area contributed by atoms with E-state index in [1.54, 1.807) is 0 Å². The van der Waals surface area contributed by atoms with Crippen molar-refractivity contribution < 1.29 is 0 Å². The molecule has 0 atom stereocenters. The summed E-state index contributed by atoms with van der Waals surface area (Å²) < 4.78 is 1.95. The van der Waals surface area contributed by atoms with Crippen LogP contribution in [0.1, 0.15) is 6.92 Å². The molecule has 0 radical (unpaired) electrons. The van der Waals surface area contributed by atoms with E-state index in [1.165, 1.54) is 6.33 Å². The molecule has 0 saturated heterocycles. The Balaban J connectivity index is 2.20. The SMILES string of the molecule is CCn1c(-c2ccc(N(C)C)cc2)nc2c(=O)[nH]cnc21. The van der Waals surface area contributed by atoms with Crippen molar-refractivity contribution in [3.05, 3.63) is 40.9 Å². The van der Waals surface area contributed by atoms with Crippen molar-refractivity contribution in [3.8, 4) is 11.4 Å². The van der Waals surface area contributed by atoms with Crippen LogP contribution in [0.2, 0.25) is 0 Å². The predicted molar refractivity (Wildman–Crippen MR) is 83.6 cm³/mol. The van der Waals surface area contributed by atoms with Crippen LogP contribution in [-0.4, -0.2) is 33.6 Å². The fourth-order valence-corrected chi connectivity index (χ4v) is 2.38. The quantitative estimate of drug-likeness (QED) is 0.797. The fourth-order valence-electron chi connectivity index (χ4n) is 2.38. The molecule has 3 aromatic rings. The van der Waals surface area contributed by atoms with Crippen LogP contribution < -0.4 is 10.5 Å². The van der Waals surface area contributed by atoms with Crippen LogP contribution in [0.15, 0.2) is 35.4 Å². The number of aromatic nitrogens is 4. The van der Waals surface area contributed by atoms with Crippen molar-refractivity contribution in [2.75, 3.05) is 19.0 Å². The zero-order chi connectivity index (χ0) is 15.0. The van der Waals surface area contributed by atoms with Crippen molar-refractivity contribution in [1.82, 2.24) is 19.5 Å². The van der Waals surface area contributed by atoms with Gasteiger partial charge in [0, 0.05) is 31.9 Å². The van der Waals surface area contributed by atoms with E-state index in [0.29, 0.717) is 17.7 Å². The van der Waals surface area contributed by atoms with Crippen LogP contribution in [-0.2, 0) is 6.54 Å². The Morgan fingerprint density at radius 3 is 2.57 bits per heavy atom. The number of benzene rings is 1. The number of hydrogen-bond acceptors (Lipinski definition) is 4. The van der Waals surface area contributed by atoms with Gasteiger partial charge in [0.25, 0.3) is 5.56 Å². The number of fused-ring (bicyclic) bond motifs is 1. The molecule has 0 aliphatic heterocycles. The van der Waals surface area contributed by atoms with Crippen LogP contribution in [0.4, 0.5) is 5.69 Å². The van der Waals surface area contributed by atoms with Gasteiger partial charge in [-0.15, -0.1) is 0 Å². The molecule has 2 aromatic heterocycles. The number of imidazole rings is 1. The van der Waals surface area contributed by atoms with Crippen LogP contribution in [0.5, 0.6) is 0 Å². The molecule has 6 nitrogen and oxygen atoms in total. The summed E-state index contributed by atoms with van der Waals surface area (Å²) in [6.07, 6.45) is 1.41. The standard InChI is InChI=1S/C15H17N5O/c1-4-20-13(10-5-7-11(8-6-10)19(2)3)18-12-14(20)16-9-17-15(12)21/h5-9H,4H2,1-3H3,(H,16,17,21). The molecule has 1 aromatic carbocycles. The van der Waals surface area contributed by atoms with Crippen LogP contribution >= 0.6 is 0 Å². The first kappa shape index (κ1) is 13.4. The van der Waals surface area contributed by atoms with Crippen molar-refractivity contribution in [1.29, 1.82) is 0 Å². The lowest BCUT2D eigenvalue weighted by Crippen LogP contribution is -2.08. The second-order valence-electron chi connectivity index (χ2n) is 5.02. The molecular weight excluding hydrogens is 266 g/mol. The van der Waals surface area contributed by atoms with E-state index in [0.717, 1.165) is 17.1 Å².